The number of amides is 1. The first-order valence-electron chi connectivity index (χ1n) is 11.6. The van der Waals surface area contributed by atoms with Crippen LogP contribution in [0.5, 0.6) is 0 Å². The number of aliphatic hydroxyl groups excluding tert-OH is 1. The van der Waals surface area contributed by atoms with Crippen molar-refractivity contribution in [1.29, 1.82) is 0 Å². The van der Waals surface area contributed by atoms with Crippen molar-refractivity contribution in [3.05, 3.63) is 47.3 Å². The van der Waals surface area contributed by atoms with Gasteiger partial charge in [-0.2, -0.15) is 14.5 Å². The van der Waals surface area contributed by atoms with Gasteiger partial charge in [-0.3, -0.25) is 9.89 Å². The predicted molar refractivity (Wildman–Crippen MR) is 122 cm³/mol. The molecule has 4 heterocycles. The second-order valence-electron chi connectivity index (χ2n) is 9.11. The molecule has 3 aromatic rings. The van der Waals surface area contributed by atoms with E-state index in [0.717, 1.165) is 36.2 Å². The van der Waals surface area contributed by atoms with Gasteiger partial charge in [0.2, 0.25) is 17.8 Å². The van der Waals surface area contributed by atoms with E-state index in [-0.39, 0.29) is 0 Å². The second kappa shape index (κ2) is 8.32. The first-order chi connectivity index (χ1) is 16.5. The third-order valence-electron chi connectivity index (χ3n) is 6.67. The maximum Gasteiger partial charge on any atom is 0.249 e. The largest absolute Gasteiger partial charge is 0.390 e. The molecule has 2 atom stereocenters. The molecule has 0 aromatic carbocycles. The van der Waals surface area contributed by atoms with E-state index >= 15 is 0 Å². The number of hydrogen-bond acceptors (Lipinski definition) is 8. The first-order valence-corrected chi connectivity index (χ1v) is 11.6. The fraction of sp³-hybridized carbons (Fsp3) is 0.435. The molecule has 6 rings (SSSR count). The molecule has 0 radical (unpaired) electrons. The number of carbonyl (C=O) groups excluding carboxylic acids is 1. The molecule has 3 aromatic heterocycles. The maximum absolute atomic E-state index is 13.1. The Morgan fingerprint density at radius 3 is 2.88 bits per heavy atom. The molecular weight excluding hydrogens is 439 g/mol. The molecule has 1 saturated heterocycles. The summed E-state index contributed by atoms with van der Waals surface area (Å²) in [6.45, 7) is 0.438. The van der Waals surface area contributed by atoms with Gasteiger partial charge in [-0.05, 0) is 50.7 Å². The highest BCUT2D eigenvalue weighted by atomic mass is 19.1. The number of H-pyrrole nitrogens is 1. The molecule has 1 aliphatic heterocycles. The summed E-state index contributed by atoms with van der Waals surface area (Å²) in [4.78, 5) is 27.9. The van der Waals surface area contributed by atoms with Gasteiger partial charge in [0.05, 0.1) is 23.7 Å². The molecule has 176 valence electrons. The van der Waals surface area contributed by atoms with Crippen molar-refractivity contribution in [2.75, 3.05) is 22.1 Å². The van der Waals surface area contributed by atoms with Gasteiger partial charge in [-0.15, -0.1) is 0 Å². The van der Waals surface area contributed by atoms with Crippen LogP contribution in [0.4, 0.5) is 27.7 Å². The topological polar surface area (TPSA) is 132 Å². The molecule has 10 nitrogen and oxygen atoms in total. The number of hydrogen-bond donors (Lipinski definition) is 4. The molecule has 1 amide bonds. The van der Waals surface area contributed by atoms with Crippen LogP contribution in [0.2, 0.25) is 0 Å². The Kier molecular flexibility index (Phi) is 5.13. The van der Waals surface area contributed by atoms with E-state index < -0.39 is 24.0 Å². The zero-order chi connectivity index (χ0) is 23.2. The summed E-state index contributed by atoms with van der Waals surface area (Å²) in [6, 6.07) is 3.75. The molecule has 11 heteroatoms. The minimum Gasteiger partial charge on any atom is -0.390 e. The van der Waals surface area contributed by atoms with Gasteiger partial charge in [0, 0.05) is 29.8 Å². The third kappa shape index (κ3) is 3.96. The number of aromatic amines is 1. The Bertz CT molecular complexity index is 1230. The standard InChI is InChI=1S/C23H25FN8O2/c24-18-7-6-13(11-25-18)26-22(34)20-17(33)8-9-32(20)23-27-15-3-1-2-14(15)21(29-23)28-19-10-16(30-31-19)12-4-5-12/h6-7,10-12,17,20,33H,1-5,8-9H2,(H,26,34)(H2,27,28,29,30,31)/t17-,20-/m0/s1. The molecule has 0 unspecified atom stereocenters. The second-order valence-corrected chi connectivity index (χ2v) is 9.11. The monoisotopic (exact) mass is 464 g/mol. The van der Waals surface area contributed by atoms with Gasteiger partial charge >= 0.3 is 0 Å². The van der Waals surface area contributed by atoms with Crippen LogP contribution in [-0.4, -0.2) is 54.9 Å². The fourth-order valence-corrected chi connectivity index (χ4v) is 4.76. The molecule has 3 aliphatic rings. The maximum atomic E-state index is 13.1. The Labute approximate surface area is 195 Å². The highest BCUT2D eigenvalue weighted by Crippen LogP contribution is 2.40. The van der Waals surface area contributed by atoms with Crippen LogP contribution in [0, 0.1) is 5.95 Å². The molecule has 2 fully saturated rings. The van der Waals surface area contributed by atoms with Crippen molar-refractivity contribution < 1.29 is 14.3 Å². The normalized spacial score (nSPS) is 21.5. The summed E-state index contributed by atoms with van der Waals surface area (Å²) in [5, 5.41) is 24.2. The fourth-order valence-electron chi connectivity index (χ4n) is 4.76. The van der Waals surface area contributed by atoms with Crippen molar-refractivity contribution >= 4 is 29.2 Å². The first kappa shape index (κ1) is 21.0. The minimum absolute atomic E-state index is 0.354. The summed E-state index contributed by atoms with van der Waals surface area (Å²) in [5.74, 6) is 1.31. The highest BCUT2D eigenvalue weighted by Gasteiger charge is 2.40. The SMILES string of the molecule is O=C(Nc1ccc(F)nc1)[C@@H]1[C@@H](O)CCN1c1nc2c(c(Nc3cc(C4CC4)[nH]n3)n1)CCC2. The summed E-state index contributed by atoms with van der Waals surface area (Å²) in [6.07, 6.45) is 5.84. The summed E-state index contributed by atoms with van der Waals surface area (Å²) >= 11 is 0. The number of aromatic nitrogens is 5. The zero-order valence-electron chi connectivity index (χ0n) is 18.5. The highest BCUT2D eigenvalue weighted by molar-refractivity contribution is 5.97. The van der Waals surface area contributed by atoms with Gasteiger partial charge in [0.15, 0.2) is 5.82 Å². The number of nitrogens with zero attached hydrogens (tertiary/aromatic N) is 5. The van der Waals surface area contributed by atoms with Crippen LogP contribution in [0.3, 0.4) is 0 Å². The van der Waals surface area contributed by atoms with Crippen LogP contribution < -0.4 is 15.5 Å². The van der Waals surface area contributed by atoms with Crippen molar-refractivity contribution in [2.24, 2.45) is 0 Å². The minimum atomic E-state index is -0.880. The summed E-state index contributed by atoms with van der Waals surface area (Å²) in [5.41, 5.74) is 3.50. The van der Waals surface area contributed by atoms with Gasteiger partial charge in [0.25, 0.3) is 0 Å². The van der Waals surface area contributed by atoms with Gasteiger partial charge in [0.1, 0.15) is 11.9 Å². The van der Waals surface area contributed by atoms with E-state index in [4.69, 9.17) is 9.97 Å². The van der Waals surface area contributed by atoms with Crippen molar-refractivity contribution in [1.82, 2.24) is 25.1 Å². The molecule has 4 N–H and O–H groups in total. The van der Waals surface area contributed by atoms with Crippen molar-refractivity contribution in [3.8, 4) is 0 Å². The number of halogens is 1. The lowest BCUT2D eigenvalue weighted by Crippen LogP contribution is -2.46. The molecule has 2 aliphatic carbocycles. The number of nitrogens with one attached hydrogen (secondary N) is 3. The molecule has 1 saturated carbocycles. The number of aliphatic hydroxyl groups is 1. The van der Waals surface area contributed by atoms with E-state index in [1.165, 1.54) is 31.2 Å². The van der Waals surface area contributed by atoms with Gasteiger partial charge in [-0.25, -0.2) is 9.97 Å². The van der Waals surface area contributed by atoms with Crippen LogP contribution in [0.25, 0.3) is 0 Å². The van der Waals surface area contributed by atoms with E-state index in [2.05, 4.69) is 25.8 Å². The lowest BCUT2D eigenvalue weighted by molar-refractivity contribution is -0.119. The third-order valence-corrected chi connectivity index (χ3v) is 6.67. The summed E-state index contributed by atoms with van der Waals surface area (Å²) in [7, 11) is 0. The molecule has 0 spiro atoms. The lowest BCUT2D eigenvalue weighted by Gasteiger charge is -2.26. The van der Waals surface area contributed by atoms with E-state index in [1.807, 2.05) is 6.07 Å². The summed E-state index contributed by atoms with van der Waals surface area (Å²) < 4.78 is 13.1. The average Bonchev–Trinajstić information content (AvgIpc) is 3.19. The Balaban J connectivity index is 1.28. The van der Waals surface area contributed by atoms with Crippen molar-refractivity contribution in [2.45, 2.75) is 56.6 Å². The quantitative estimate of drug-likeness (QED) is 0.409. The number of fused-ring (bicyclic) bond motifs is 1. The van der Waals surface area contributed by atoms with Crippen LogP contribution in [-0.2, 0) is 17.6 Å². The average molecular weight is 465 g/mol. The zero-order valence-corrected chi connectivity index (χ0v) is 18.5. The number of rotatable bonds is 6. The van der Waals surface area contributed by atoms with E-state index in [1.54, 1.807) is 4.90 Å². The van der Waals surface area contributed by atoms with Gasteiger partial charge in [-0.1, -0.05) is 0 Å². The number of aryl methyl sites for hydroxylation is 1. The molecule has 0 bridgehead atoms. The number of anilines is 4. The van der Waals surface area contributed by atoms with E-state index in [0.29, 0.717) is 42.2 Å². The Morgan fingerprint density at radius 1 is 1.21 bits per heavy atom. The molecular formula is C23H25FN8O2. The van der Waals surface area contributed by atoms with Crippen LogP contribution in [0.1, 0.15) is 48.6 Å². The Hall–Kier alpha value is -3.60. The van der Waals surface area contributed by atoms with Crippen LogP contribution in [0.15, 0.2) is 24.4 Å². The number of carbonyl (C=O) groups is 1. The predicted octanol–water partition coefficient (Wildman–Crippen LogP) is 2.42. The lowest BCUT2D eigenvalue weighted by atomic mass is 10.1. The van der Waals surface area contributed by atoms with Crippen LogP contribution >= 0.6 is 0 Å². The molecule has 34 heavy (non-hydrogen) atoms. The van der Waals surface area contributed by atoms with Crippen molar-refractivity contribution in [3.63, 3.8) is 0 Å². The van der Waals surface area contributed by atoms with E-state index in [9.17, 15) is 14.3 Å². The smallest absolute Gasteiger partial charge is 0.249 e. The van der Waals surface area contributed by atoms with Gasteiger partial charge < -0.3 is 20.6 Å². The number of pyridine rings is 1. The Morgan fingerprint density at radius 2 is 2.09 bits per heavy atom.